The molecule has 2 fully saturated rings. The van der Waals surface area contributed by atoms with Crippen LogP contribution in [0.3, 0.4) is 0 Å². The maximum atomic E-state index is 2.69. The second-order valence-electron chi connectivity index (χ2n) is 12.8. The van der Waals surface area contributed by atoms with Crippen molar-refractivity contribution in [2.45, 2.75) is 77.0 Å². The summed E-state index contributed by atoms with van der Waals surface area (Å²) >= 11 is 0. The van der Waals surface area contributed by atoms with E-state index in [4.69, 9.17) is 0 Å². The Balaban J connectivity index is 1.41. The summed E-state index contributed by atoms with van der Waals surface area (Å²) < 4.78 is 0. The predicted octanol–water partition coefficient (Wildman–Crippen LogP) is 10.2. The minimum absolute atomic E-state index is 1.12. The molecule has 216 valence electrons. The summed E-state index contributed by atoms with van der Waals surface area (Å²) in [6.45, 7) is 4.79. The quantitative estimate of drug-likeness (QED) is 0.350. The second-order valence-corrected chi connectivity index (χ2v) is 12.8. The fourth-order valence-corrected chi connectivity index (χ4v) is 7.58. The molecule has 0 bridgehead atoms. The Bertz CT molecular complexity index is 1530. The van der Waals surface area contributed by atoms with Crippen molar-refractivity contribution in [2.75, 3.05) is 31.1 Å². The van der Waals surface area contributed by atoms with Gasteiger partial charge in [0.25, 0.3) is 0 Å². The Labute approximate surface area is 253 Å². The van der Waals surface area contributed by atoms with Gasteiger partial charge in [-0.1, -0.05) is 66.8 Å². The van der Waals surface area contributed by atoms with Gasteiger partial charge in [0, 0.05) is 37.6 Å². The molecule has 0 aromatic heterocycles. The summed E-state index contributed by atoms with van der Waals surface area (Å²) in [6.07, 6.45) is 40.7. The standard InChI is InChI=1S/C40H46N2/c1-5-13-31(14-6-1)17-21-35-37-23-19-34(42-27-11-4-12-28-42)30-40(37)36(22-18-32-15-7-2-8-16-32)38-24-20-33(29-39(35)38)41-25-9-3-10-26-41/h1-2,5,7,13,15,17-19,21-23,29-30H,3-4,6,8-12,14,16,20,24-28H2/b21-17+,22-18+. The monoisotopic (exact) mass is 554 g/mol. The van der Waals surface area contributed by atoms with Crippen molar-refractivity contribution < 1.29 is 0 Å². The molecule has 0 unspecified atom stereocenters. The summed E-state index contributed by atoms with van der Waals surface area (Å²) in [6, 6.07) is 7.37. The average molecular weight is 555 g/mol. The molecule has 2 saturated heterocycles. The number of hydrogen-bond donors (Lipinski definition) is 0. The third-order valence-electron chi connectivity index (χ3n) is 9.97. The van der Waals surface area contributed by atoms with Gasteiger partial charge < -0.3 is 9.80 Å². The highest BCUT2D eigenvalue weighted by atomic mass is 15.1. The molecule has 2 heteroatoms. The van der Waals surface area contributed by atoms with Crippen molar-refractivity contribution in [3.8, 4) is 0 Å². The van der Waals surface area contributed by atoms with Gasteiger partial charge in [0.05, 0.1) is 0 Å². The van der Waals surface area contributed by atoms with Crippen LogP contribution in [0.5, 0.6) is 0 Å². The third kappa shape index (κ3) is 5.87. The molecule has 42 heavy (non-hydrogen) atoms. The molecule has 2 nitrogen and oxygen atoms in total. The highest BCUT2D eigenvalue weighted by Crippen LogP contribution is 2.41. The van der Waals surface area contributed by atoms with Crippen molar-refractivity contribution in [3.63, 3.8) is 0 Å². The minimum Gasteiger partial charge on any atom is -0.375 e. The van der Waals surface area contributed by atoms with Crippen molar-refractivity contribution in [1.82, 2.24) is 4.90 Å². The number of allylic oxidation sites excluding steroid dienone is 11. The zero-order valence-corrected chi connectivity index (χ0v) is 25.3. The molecule has 2 aromatic rings. The molecular weight excluding hydrogens is 508 g/mol. The van der Waals surface area contributed by atoms with Crippen molar-refractivity contribution in [1.29, 1.82) is 0 Å². The number of fused-ring (bicyclic) bond motifs is 2. The first kappa shape index (κ1) is 27.3. The van der Waals surface area contributed by atoms with Crippen LogP contribution in [-0.2, 0) is 6.42 Å². The first-order valence-corrected chi connectivity index (χ1v) is 16.7. The molecule has 3 aliphatic carbocycles. The van der Waals surface area contributed by atoms with E-state index in [9.17, 15) is 0 Å². The van der Waals surface area contributed by atoms with Crippen LogP contribution >= 0.6 is 0 Å². The number of likely N-dealkylation sites (tertiary alicyclic amines) is 1. The number of piperidine rings is 2. The molecule has 0 spiro atoms. The van der Waals surface area contributed by atoms with Crippen LogP contribution in [0.1, 0.15) is 92.9 Å². The lowest BCUT2D eigenvalue weighted by Gasteiger charge is -2.34. The van der Waals surface area contributed by atoms with Crippen molar-refractivity contribution in [3.05, 3.63) is 106 Å². The molecule has 0 saturated carbocycles. The lowest BCUT2D eigenvalue weighted by Crippen LogP contribution is -2.30. The van der Waals surface area contributed by atoms with E-state index in [-0.39, 0.29) is 0 Å². The number of anilines is 1. The smallest absolute Gasteiger partial charge is 0.0372 e. The average Bonchev–Trinajstić information content (AvgIpc) is 3.07. The van der Waals surface area contributed by atoms with Crippen LogP contribution in [0.2, 0.25) is 0 Å². The number of benzene rings is 2. The maximum absolute atomic E-state index is 2.69. The highest BCUT2D eigenvalue weighted by molar-refractivity contribution is 6.03. The third-order valence-corrected chi connectivity index (χ3v) is 9.97. The lowest BCUT2D eigenvalue weighted by molar-refractivity contribution is 0.278. The summed E-state index contributed by atoms with van der Waals surface area (Å²) in [5.41, 5.74) is 11.7. The first-order valence-electron chi connectivity index (χ1n) is 16.7. The molecule has 2 aliphatic heterocycles. The zero-order valence-electron chi connectivity index (χ0n) is 25.3. The van der Waals surface area contributed by atoms with Crippen LogP contribution in [-0.4, -0.2) is 31.1 Å². The van der Waals surface area contributed by atoms with Crippen LogP contribution in [0.25, 0.3) is 29.0 Å². The summed E-state index contributed by atoms with van der Waals surface area (Å²) in [5.74, 6) is 0. The van der Waals surface area contributed by atoms with E-state index >= 15 is 0 Å². The SMILES string of the molecule is C1=CCCC(/C=C/c2c3c(c(/C=C/C4=CC=CCC4)c4cc(N5CCCCC5)ccc24)CCC(N2CCCCC2)=C3)=C1. The van der Waals surface area contributed by atoms with Gasteiger partial charge in [-0.2, -0.15) is 0 Å². The summed E-state index contributed by atoms with van der Waals surface area (Å²) in [5, 5.41) is 2.82. The van der Waals surface area contributed by atoms with E-state index in [0.717, 1.165) is 38.5 Å². The van der Waals surface area contributed by atoms with Gasteiger partial charge in [-0.15, -0.1) is 0 Å². The summed E-state index contributed by atoms with van der Waals surface area (Å²) in [7, 11) is 0. The van der Waals surface area contributed by atoms with Crippen molar-refractivity contribution in [2.24, 2.45) is 0 Å². The van der Waals surface area contributed by atoms with Gasteiger partial charge in [0.1, 0.15) is 0 Å². The van der Waals surface area contributed by atoms with Crippen LogP contribution in [0.4, 0.5) is 5.69 Å². The molecule has 7 rings (SSSR count). The van der Waals surface area contributed by atoms with Gasteiger partial charge in [-0.05, 0) is 139 Å². The Morgan fingerprint density at radius 2 is 1.21 bits per heavy atom. The van der Waals surface area contributed by atoms with Gasteiger partial charge in [-0.3, -0.25) is 0 Å². The molecular formula is C40H46N2. The highest BCUT2D eigenvalue weighted by Gasteiger charge is 2.24. The van der Waals surface area contributed by atoms with Gasteiger partial charge >= 0.3 is 0 Å². The normalized spacial score (nSPS) is 21.2. The fourth-order valence-electron chi connectivity index (χ4n) is 7.58. The van der Waals surface area contributed by atoms with Gasteiger partial charge in [0.15, 0.2) is 0 Å². The topological polar surface area (TPSA) is 6.48 Å². The second kappa shape index (κ2) is 12.8. The van der Waals surface area contributed by atoms with E-state index in [1.54, 1.807) is 11.3 Å². The van der Waals surface area contributed by atoms with Gasteiger partial charge in [-0.25, -0.2) is 0 Å². The molecule has 2 aromatic carbocycles. The molecule has 0 radical (unpaired) electrons. The molecule has 5 aliphatic rings. The van der Waals surface area contributed by atoms with E-state index in [1.165, 1.54) is 109 Å². The molecule has 0 amide bonds. The number of rotatable bonds is 6. The predicted molar refractivity (Wildman–Crippen MR) is 183 cm³/mol. The van der Waals surface area contributed by atoms with E-state index < -0.39 is 0 Å². The largest absolute Gasteiger partial charge is 0.375 e. The Kier molecular flexibility index (Phi) is 8.31. The van der Waals surface area contributed by atoms with Crippen molar-refractivity contribution >= 4 is 34.7 Å². The Morgan fingerprint density at radius 3 is 1.86 bits per heavy atom. The molecule has 0 N–H and O–H groups in total. The first-order chi connectivity index (χ1) is 20.8. The van der Waals surface area contributed by atoms with E-state index in [0.29, 0.717) is 0 Å². The fraction of sp³-hybridized carbons (Fsp3) is 0.400. The van der Waals surface area contributed by atoms with Gasteiger partial charge in [0.2, 0.25) is 0 Å². The lowest BCUT2D eigenvalue weighted by atomic mass is 9.82. The van der Waals surface area contributed by atoms with Crippen LogP contribution in [0.15, 0.2) is 83.7 Å². The zero-order chi connectivity index (χ0) is 28.1. The number of nitrogens with zero attached hydrogens (tertiary/aromatic N) is 2. The Hall–Kier alpha value is -3.52. The van der Waals surface area contributed by atoms with Crippen LogP contribution in [0, 0.1) is 0 Å². The summed E-state index contributed by atoms with van der Waals surface area (Å²) in [4.78, 5) is 5.31. The minimum atomic E-state index is 1.12. The van der Waals surface area contributed by atoms with E-state index in [1.807, 2.05) is 0 Å². The molecule has 2 heterocycles. The van der Waals surface area contributed by atoms with E-state index in [2.05, 4.69) is 94.8 Å². The van der Waals surface area contributed by atoms with Crippen LogP contribution < -0.4 is 4.90 Å². The number of hydrogen-bond acceptors (Lipinski definition) is 2. The maximum Gasteiger partial charge on any atom is 0.0372 e. The Morgan fingerprint density at radius 1 is 0.571 bits per heavy atom. The molecule has 0 atom stereocenters.